The minimum absolute atomic E-state index is 0.162. The Kier molecular flexibility index (Phi) is 4.87. The van der Waals surface area contributed by atoms with E-state index in [-0.39, 0.29) is 5.78 Å². The molecule has 1 heterocycles. The maximum absolute atomic E-state index is 12.9. The first-order chi connectivity index (χ1) is 11.8. The maximum atomic E-state index is 12.9. The third-order valence-electron chi connectivity index (χ3n) is 3.55. The molecule has 0 unspecified atom stereocenters. The van der Waals surface area contributed by atoms with Crippen molar-refractivity contribution in [1.82, 2.24) is 4.98 Å². The standard InChI is InChI=1S/C20H17N2O2/c1-24-17-12-10-15(11-13-17)19(22-16-7-3-2-4-8-16)20(23)18-9-5-6-14-21-18/h2-14,22H,1H3. The molecule has 0 spiro atoms. The fourth-order valence-corrected chi connectivity index (χ4v) is 2.31. The van der Waals surface area contributed by atoms with Crippen molar-refractivity contribution in [3.8, 4) is 5.75 Å². The van der Waals surface area contributed by atoms with Crippen molar-refractivity contribution >= 4 is 11.5 Å². The van der Waals surface area contributed by atoms with Crippen molar-refractivity contribution < 1.29 is 9.53 Å². The molecule has 3 aromatic rings. The summed E-state index contributed by atoms with van der Waals surface area (Å²) < 4.78 is 5.19. The van der Waals surface area contributed by atoms with E-state index < -0.39 is 0 Å². The second-order valence-corrected chi connectivity index (χ2v) is 5.14. The third-order valence-corrected chi connectivity index (χ3v) is 3.55. The van der Waals surface area contributed by atoms with Gasteiger partial charge in [-0.05, 0) is 42.0 Å². The average molecular weight is 317 g/mol. The lowest BCUT2D eigenvalue weighted by molar-refractivity contribution is 0.101. The van der Waals surface area contributed by atoms with Crippen LogP contribution in [-0.2, 0) is 0 Å². The molecule has 0 amide bonds. The van der Waals surface area contributed by atoms with Crippen LogP contribution >= 0.6 is 0 Å². The summed E-state index contributed by atoms with van der Waals surface area (Å²) in [5.41, 5.74) is 2.01. The van der Waals surface area contributed by atoms with E-state index in [1.807, 2.05) is 54.6 Å². The molecule has 0 aliphatic carbocycles. The molecule has 0 bridgehead atoms. The molecule has 119 valence electrons. The molecule has 0 aliphatic rings. The Bertz CT molecular complexity index is 787. The van der Waals surface area contributed by atoms with Gasteiger partial charge in [0.05, 0.1) is 7.11 Å². The minimum atomic E-state index is -0.162. The summed E-state index contributed by atoms with van der Waals surface area (Å²) in [5, 5.41) is 3.22. The van der Waals surface area contributed by atoms with E-state index in [2.05, 4.69) is 10.3 Å². The first-order valence-electron chi connectivity index (χ1n) is 7.57. The Morgan fingerprint density at radius 1 is 0.917 bits per heavy atom. The molecule has 2 aromatic carbocycles. The molecule has 3 rings (SSSR count). The minimum Gasteiger partial charge on any atom is -0.497 e. The fraction of sp³-hybridized carbons (Fsp3) is 0.0500. The van der Waals surface area contributed by atoms with Gasteiger partial charge in [0, 0.05) is 11.9 Å². The monoisotopic (exact) mass is 317 g/mol. The second kappa shape index (κ2) is 7.42. The Morgan fingerprint density at radius 3 is 2.25 bits per heavy atom. The smallest absolute Gasteiger partial charge is 0.214 e. The highest BCUT2D eigenvalue weighted by molar-refractivity contribution is 6.09. The number of anilines is 1. The molecule has 4 nitrogen and oxygen atoms in total. The zero-order valence-electron chi connectivity index (χ0n) is 13.3. The second-order valence-electron chi connectivity index (χ2n) is 5.14. The van der Waals surface area contributed by atoms with E-state index in [0.29, 0.717) is 11.7 Å². The van der Waals surface area contributed by atoms with Crippen molar-refractivity contribution in [2.24, 2.45) is 0 Å². The number of ketones is 1. The zero-order valence-corrected chi connectivity index (χ0v) is 13.3. The van der Waals surface area contributed by atoms with Gasteiger partial charge in [0.15, 0.2) is 6.04 Å². The number of aromatic nitrogens is 1. The zero-order chi connectivity index (χ0) is 16.8. The number of nitrogens with one attached hydrogen (secondary N) is 1. The molecule has 0 atom stereocenters. The summed E-state index contributed by atoms with van der Waals surface area (Å²) in [6, 6.07) is 22.7. The number of pyridine rings is 1. The van der Waals surface area contributed by atoms with Gasteiger partial charge in [-0.2, -0.15) is 0 Å². The summed E-state index contributed by atoms with van der Waals surface area (Å²) in [6.45, 7) is 0. The third kappa shape index (κ3) is 3.60. The lowest BCUT2D eigenvalue weighted by atomic mass is 9.99. The van der Waals surface area contributed by atoms with Gasteiger partial charge in [-0.15, -0.1) is 0 Å². The van der Waals surface area contributed by atoms with Crippen molar-refractivity contribution in [1.29, 1.82) is 0 Å². The van der Waals surface area contributed by atoms with Gasteiger partial charge >= 0.3 is 0 Å². The molecule has 24 heavy (non-hydrogen) atoms. The normalized spacial score (nSPS) is 10.4. The summed E-state index contributed by atoms with van der Waals surface area (Å²) in [4.78, 5) is 17.1. The van der Waals surface area contributed by atoms with Crippen LogP contribution in [0.4, 0.5) is 5.69 Å². The fourth-order valence-electron chi connectivity index (χ4n) is 2.31. The molecular formula is C20H17N2O2. The van der Waals surface area contributed by atoms with E-state index in [0.717, 1.165) is 17.0 Å². The highest BCUT2D eigenvalue weighted by atomic mass is 16.5. The van der Waals surface area contributed by atoms with Crippen LogP contribution in [-0.4, -0.2) is 17.9 Å². The highest BCUT2D eigenvalue weighted by Crippen LogP contribution is 2.24. The van der Waals surface area contributed by atoms with Gasteiger partial charge in [0.1, 0.15) is 11.4 Å². The number of carbonyl (C=O) groups is 1. The van der Waals surface area contributed by atoms with Gasteiger partial charge < -0.3 is 10.1 Å². The van der Waals surface area contributed by atoms with E-state index >= 15 is 0 Å². The van der Waals surface area contributed by atoms with Crippen molar-refractivity contribution in [3.05, 3.63) is 96.3 Å². The number of hydrogen-bond donors (Lipinski definition) is 1. The van der Waals surface area contributed by atoms with Gasteiger partial charge in [-0.1, -0.05) is 36.4 Å². The Labute approximate surface area is 141 Å². The topological polar surface area (TPSA) is 51.2 Å². The Hall–Kier alpha value is -3.14. The highest BCUT2D eigenvalue weighted by Gasteiger charge is 2.24. The van der Waals surface area contributed by atoms with Crippen LogP contribution in [0.3, 0.4) is 0 Å². The molecule has 0 fully saturated rings. The number of methoxy groups -OCH3 is 1. The van der Waals surface area contributed by atoms with E-state index in [1.54, 1.807) is 31.5 Å². The number of nitrogens with zero attached hydrogens (tertiary/aromatic N) is 1. The summed E-state index contributed by atoms with van der Waals surface area (Å²) >= 11 is 0. The van der Waals surface area contributed by atoms with Crippen LogP contribution in [0.2, 0.25) is 0 Å². The lowest BCUT2D eigenvalue weighted by Gasteiger charge is -2.18. The van der Waals surface area contributed by atoms with E-state index in [1.165, 1.54) is 0 Å². The van der Waals surface area contributed by atoms with Crippen LogP contribution in [0.25, 0.3) is 0 Å². The number of ether oxygens (including phenoxy) is 1. The van der Waals surface area contributed by atoms with Gasteiger partial charge in [-0.25, -0.2) is 0 Å². The molecule has 1 aromatic heterocycles. The van der Waals surface area contributed by atoms with Gasteiger partial charge in [0.2, 0.25) is 5.78 Å². The van der Waals surface area contributed by atoms with Crippen LogP contribution in [0.15, 0.2) is 79.0 Å². The number of para-hydroxylation sites is 1. The summed E-state index contributed by atoms with van der Waals surface area (Å²) in [7, 11) is 1.61. The van der Waals surface area contributed by atoms with Crippen LogP contribution in [0.1, 0.15) is 16.1 Å². The van der Waals surface area contributed by atoms with E-state index in [4.69, 9.17) is 4.74 Å². The number of benzene rings is 2. The van der Waals surface area contributed by atoms with E-state index in [9.17, 15) is 4.79 Å². The molecule has 0 saturated carbocycles. The first-order valence-corrected chi connectivity index (χ1v) is 7.57. The maximum Gasteiger partial charge on any atom is 0.214 e. The van der Waals surface area contributed by atoms with Gasteiger partial charge in [-0.3, -0.25) is 9.78 Å². The molecule has 0 aliphatic heterocycles. The van der Waals surface area contributed by atoms with Crippen molar-refractivity contribution in [2.45, 2.75) is 0 Å². The number of carbonyl (C=O) groups excluding carboxylic acids is 1. The SMILES string of the molecule is COc1ccc([C](Nc2ccccc2)C(=O)c2ccccn2)cc1. The van der Waals surface area contributed by atoms with Crippen molar-refractivity contribution in [2.75, 3.05) is 12.4 Å². The average Bonchev–Trinajstić information content (AvgIpc) is 2.67. The summed E-state index contributed by atoms with van der Waals surface area (Å²) in [6.07, 6.45) is 1.61. The van der Waals surface area contributed by atoms with Crippen LogP contribution in [0, 0.1) is 6.04 Å². The quantitative estimate of drug-likeness (QED) is 0.699. The van der Waals surface area contributed by atoms with Crippen LogP contribution in [0.5, 0.6) is 5.75 Å². The Morgan fingerprint density at radius 2 is 1.62 bits per heavy atom. The largest absolute Gasteiger partial charge is 0.497 e. The molecular weight excluding hydrogens is 300 g/mol. The molecule has 1 radical (unpaired) electrons. The predicted octanol–water partition coefficient (Wildman–Crippen LogP) is 3.97. The van der Waals surface area contributed by atoms with Gasteiger partial charge in [0.25, 0.3) is 0 Å². The Balaban J connectivity index is 1.95. The molecule has 4 heteroatoms. The predicted molar refractivity (Wildman–Crippen MR) is 94.0 cm³/mol. The number of Topliss-reactive ketones (excluding diaryl/α,β-unsaturated/α-hetero) is 1. The van der Waals surface area contributed by atoms with Crippen LogP contribution < -0.4 is 10.1 Å². The van der Waals surface area contributed by atoms with Crippen molar-refractivity contribution in [3.63, 3.8) is 0 Å². The first kappa shape index (κ1) is 15.7. The number of rotatable bonds is 6. The lowest BCUT2D eigenvalue weighted by Crippen LogP contribution is -2.23. The molecule has 1 N–H and O–H groups in total. The number of hydrogen-bond acceptors (Lipinski definition) is 4. The summed E-state index contributed by atoms with van der Waals surface area (Å²) in [5.74, 6) is 0.577. The molecule has 0 saturated heterocycles.